The van der Waals surface area contributed by atoms with Crippen molar-refractivity contribution in [3.05, 3.63) is 35.1 Å². The molecule has 0 fully saturated rings. The molecule has 1 aromatic heterocycles. The molecule has 1 atom stereocenters. The monoisotopic (exact) mass is 292 g/mol. The van der Waals surface area contributed by atoms with Crippen LogP contribution in [0.3, 0.4) is 0 Å². The maximum absolute atomic E-state index is 11.8. The third-order valence-corrected chi connectivity index (χ3v) is 3.45. The number of carbonyl (C=O) groups is 1. The van der Waals surface area contributed by atoms with E-state index >= 15 is 0 Å². The second kappa shape index (κ2) is 6.66. The van der Waals surface area contributed by atoms with Gasteiger partial charge in [0.2, 0.25) is 0 Å². The van der Waals surface area contributed by atoms with Crippen molar-refractivity contribution in [2.24, 2.45) is 5.92 Å². The Balaban J connectivity index is 2.27. The SMILES string of the molecule is CCOC(=O)C(CC)Cc1nc2ccccc2nc1Cl. The van der Waals surface area contributed by atoms with Gasteiger partial charge in [-0.15, -0.1) is 0 Å². The molecular weight excluding hydrogens is 276 g/mol. The molecule has 0 aliphatic carbocycles. The van der Waals surface area contributed by atoms with E-state index in [0.717, 1.165) is 11.0 Å². The van der Waals surface area contributed by atoms with Gasteiger partial charge in [0.1, 0.15) is 0 Å². The fourth-order valence-electron chi connectivity index (χ4n) is 2.03. The van der Waals surface area contributed by atoms with Crippen LogP contribution in [-0.2, 0) is 16.0 Å². The Kier molecular flexibility index (Phi) is 4.90. The second-order valence-electron chi connectivity index (χ2n) is 4.51. The zero-order valence-electron chi connectivity index (χ0n) is 11.6. The average molecular weight is 293 g/mol. The third kappa shape index (κ3) is 3.25. The second-order valence-corrected chi connectivity index (χ2v) is 4.87. The van der Waals surface area contributed by atoms with Crippen LogP contribution in [0.15, 0.2) is 24.3 Å². The Hall–Kier alpha value is -1.68. The largest absolute Gasteiger partial charge is 0.466 e. The lowest BCUT2D eigenvalue weighted by Gasteiger charge is -2.13. The fraction of sp³-hybridized carbons (Fsp3) is 0.400. The fourth-order valence-corrected chi connectivity index (χ4v) is 2.24. The highest BCUT2D eigenvalue weighted by Crippen LogP contribution is 2.21. The van der Waals surface area contributed by atoms with Gasteiger partial charge in [-0.05, 0) is 25.5 Å². The van der Waals surface area contributed by atoms with Crippen LogP contribution >= 0.6 is 11.6 Å². The van der Waals surface area contributed by atoms with Gasteiger partial charge in [0.05, 0.1) is 29.3 Å². The Morgan fingerprint density at radius 2 is 1.90 bits per heavy atom. The highest BCUT2D eigenvalue weighted by molar-refractivity contribution is 6.30. The van der Waals surface area contributed by atoms with Gasteiger partial charge in [0, 0.05) is 6.42 Å². The lowest BCUT2D eigenvalue weighted by Crippen LogP contribution is -2.20. The summed E-state index contributed by atoms with van der Waals surface area (Å²) < 4.78 is 5.06. The van der Waals surface area contributed by atoms with E-state index in [4.69, 9.17) is 16.3 Å². The number of halogens is 1. The van der Waals surface area contributed by atoms with Crippen LogP contribution in [-0.4, -0.2) is 22.5 Å². The number of nitrogens with zero attached hydrogens (tertiary/aromatic N) is 2. The molecule has 106 valence electrons. The molecule has 1 unspecified atom stereocenters. The predicted molar refractivity (Wildman–Crippen MR) is 78.7 cm³/mol. The number of carbonyl (C=O) groups excluding carboxylic acids is 1. The molecule has 0 amide bonds. The first-order valence-corrected chi connectivity index (χ1v) is 7.11. The van der Waals surface area contributed by atoms with E-state index in [1.54, 1.807) is 6.92 Å². The van der Waals surface area contributed by atoms with Crippen molar-refractivity contribution in [3.63, 3.8) is 0 Å². The molecule has 0 saturated heterocycles. The number of hydrogen-bond acceptors (Lipinski definition) is 4. The summed E-state index contributed by atoms with van der Waals surface area (Å²) in [6.45, 7) is 4.13. The number of fused-ring (bicyclic) bond motifs is 1. The molecule has 0 bridgehead atoms. The van der Waals surface area contributed by atoms with Gasteiger partial charge in [-0.25, -0.2) is 9.97 Å². The lowest BCUT2D eigenvalue weighted by molar-refractivity contribution is -0.148. The first-order valence-electron chi connectivity index (χ1n) is 6.73. The molecule has 1 heterocycles. The molecule has 0 aliphatic heterocycles. The average Bonchev–Trinajstić information content (AvgIpc) is 2.45. The van der Waals surface area contributed by atoms with Crippen molar-refractivity contribution >= 4 is 28.6 Å². The van der Waals surface area contributed by atoms with Crippen molar-refractivity contribution < 1.29 is 9.53 Å². The van der Waals surface area contributed by atoms with Gasteiger partial charge >= 0.3 is 5.97 Å². The maximum atomic E-state index is 11.8. The predicted octanol–water partition coefficient (Wildman–Crippen LogP) is 3.42. The van der Waals surface area contributed by atoms with E-state index in [-0.39, 0.29) is 11.9 Å². The smallest absolute Gasteiger partial charge is 0.309 e. The van der Waals surface area contributed by atoms with Gasteiger partial charge in [-0.2, -0.15) is 0 Å². The highest BCUT2D eigenvalue weighted by Gasteiger charge is 2.21. The number of ether oxygens (including phenoxy) is 1. The van der Waals surface area contributed by atoms with E-state index in [1.165, 1.54) is 0 Å². The molecule has 5 heteroatoms. The molecule has 0 saturated carbocycles. The van der Waals surface area contributed by atoms with Crippen molar-refractivity contribution in [3.8, 4) is 0 Å². The summed E-state index contributed by atoms with van der Waals surface area (Å²) in [4.78, 5) is 20.7. The molecule has 2 aromatic rings. The van der Waals surface area contributed by atoms with Crippen molar-refractivity contribution in [2.75, 3.05) is 6.61 Å². The van der Waals surface area contributed by atoms with Gasteiger partial charge in [-0.3, -0.25) is 4.79 Å². The summed E-state index contributed by atoms with van der Waals surface area (Å²) in [7, 11) is 0. The van der Waals surface area contributed by atoms with Crippen molar-refractivity contribution in [1.29, 1.82) is 0 Å². The summed E-state index contributed by atoms with van der Waals surface area (Å²) in [5.41, 5.74) is 2.18. The number of esters is 1. The molecule has 2 rings (SSSR count). The lowest BCUT2D eigenvalue weighted by atomic mass is 10.0. The Labute approximate surface area is 123 Å². The van der Waals surface area contributed by atoms with Crippen LogP contribution in [0, 0.1) is 5.92 Å². The van der Waals surface area contributed by atoms with Gasteiger partial charge in [0.25, 0.3) is 0 Å². The molecule has 0 radical (unpaired) electrons. The van der Waals surface area contributed by atoms with Gasteiger partial charge in [0.15, 0.2) is 5.15 Å². The Morgan fingerprint density at radius 1 is 1.25 bits per heavy atom. The van der Waals surface area contributed by atoms with E-state index < -0.39 is 0 Å². The quantitative estimate of drug-likeness (QED) is 0.792. The first kappa shape index (κ1) is 14.7. The molecule has 1 aromatic carbocycles. The molecule has 0 spiro atoms. The maximum Gasteiger partial charge on any atom is 0.309 e. The molecular formula is C15H17ClN2O2. The molecule has 4 nitrogen and oxygen atoms in total. The molecule has 0 N–H and O–H groups in total. The zero-order valence-corrected chi connectivity index (χ0v) is 12.4. The normalized spacial score (nSPS) is 12.3. The zero-order chi connectivity index (χ0) is 14.5. The molecule has 20 heavy (non-hydrogen) atoms. The van der Waals surface area contributed by atoms with Crippen molar-refractivity contribution in [1.82, 2.24) is 9.97 Å². The van der Waals surface area contributed by atoms with E-state index in [2.05, 4.69) is 9.97 Å². The van der Waals surface area contributed by atoms with Gasteiger partial charge in [-0.1, -0.05) is 30.7 Å². The summed E-state index contributed by atoms with van der Waals surface area (Å²) in [6.07, 6.45) is 1.13. The summed E-state index contributed by atoms with van der Waals surface area (Å²) in [5.74, 6) is -0.441. The number of para-hydroxylation sites is 2. The highest BCUT2D eigenvalue weighted by atomic mass is 35.5. The number of rotatable bonds is 5. The third-order valence-electron chi connectivity index (χ3n) is 3.15. The Bertz CT molecular complexity index is 616. The van der Waals surface area contributed by atoms with E-state index in [9.17, 15) is 4.79 Å². The van der Waals surface area contributed by atoms with Crippen LogP contribution in [0.1, 0.15) is 26.0 Å². The summed E-state index contributed by atoms with van der Waals surface area (Å²) in [6, 6.07) is 7.53. The Morgan fingerprint density at radius 3 is 2.50 bits per heavy atom. The number of hydrogen-bond donors (Lipinski definition) is 0. The topological polar surface area (TPSA) is 52.1 Å². The minimum Gasteiger partial charge on any atom is -0.466 e. The van der Waals surface area contributed by atoms with Crippen LogP contribution in [0.2, 0.25) is 5.15 Å². The van der Waals surface area contributed by atoms with Crippen LogP contribution < -0.4 is 0 Å². The van der Waals surface area contributed by atoms with Crippen LogP contribution in [0.4, 0.5) is 0 Å². The number of aromatic nitrogens is 2. The van der Waals surface area contributed by atoms with Crippen molar-refractivity contribution in [2.45, 2.75) is 26.7 Å². The summed E-state index contributed by atoms with van der Waals surface area (Å²) in [5, 5.41) is 0.353. The first-order chi connectivity index (χ1) is 9.65. The standard InChI is InChI=1S/C15H17ClN2O2/c1-3-10(15(19)20-4-2)9-13-14(16)18-12-8-6-5-7-11(12)17-13/h5-8,10H,3-4,9H2,1-2H3. The summed E-state index contributed by atoms with van der Waals surface area (Å²) >= 11 is 6.16. The van der Waals surface area contributed by atoms with Gasteiger partial charge < -0.3 is 4.74 Å². The van der Waals surface area contributed by atoms with E-state index in [1.807, 2.05) is 31.2 Å². The van der Waals surface area contributed by atoms with Crippen LogP contribution in [0.25, 0.3) is 11.0 Å². The minimum atomic E-state index is -0.233. The van der Waals surface area contributed by atoms with Crippen LogP contribution in [0.5, 0.6) is 0 Å². The van der Waals surface area contributed by atoms with E-state index in [0.29, 0.717) is 30.3 Å². The number of benzene rings is 1. The minimum absolute atomic E-state index is 0.207. The molecule has 0 aliphatic rings.